The van der Waals surface area contributed by atoms with Crippen LogP contribution in [0.4, 0.5) is 0 Å². The molecule has 0 saturated heterocycles. The van der Waals surface area contributed by atoms with Crippen molar-refractivity contribution in [1.29, 1.82) is 5.26 Å². The number of methoxy groups -OCH3 is 1. The highest BCUT2D eigenvalue weighted by molar-refractivity contribution is 5.92. The van der Waals surface area contributed by atoms with E-state index in [0.29, 0.717) is 11.5 Å². The predicted octanol–water partition coefficient (Wildman–Crippen LogP) is 3.84. The van der Waals surface area contributed by atoms with E-state index in [1.54, 1.807) is 13.2 Å². The molecule has 0 aromatic heterocycles. The van der Waals surface area contributed by atoms with Crippen molar-refractivity contribution in [1.82, 2.24) is 5.32 Å². The van der Waals surface area contributed by atoms with Crippen LogP contribution >= 0.6 is 0 Å². The van der Waals surface area contributed by atoms with Crippen molar-refractivity contribution in [2.45, 2.75) is 57.6 Å². The maximum absolute atomic E-state index is 12.2. The Hall–Kier alpha value is -2.48. The van der Waals surface area contributed by atoms with E-state index in [-0.39, 0.29) is 12.0 Å². The number of carbonyl (C=O) groups excluding carboxylic acids is 1. The molecule has 1 fully saturated rings. The molecule has 0 spiro atoms. The van der Waals surface area contributed by atoms with Crippen LogP contribution in [0.5, 0.6) is 11.5 Å². The van der Waals surface area contributed by atoms with E-state index < -0.39 is 5.54 Å². The van der Waals surface area contributed by atoms with E-state index in [9.17, 15) is 10.1 Å². The molecule has 1 aromatic carbocycles. The number of amides is 1. The molecule has 1 aromatic rings. The topological polar surface area (TPSA) is 71.3 Å². The highest BCUT2D eigenvalue weighted by Crippen LogP contribution is 2.30. The second kappa shape index (κ2) is 8.57. The van der Waals surface area contributed by atoms with Crippen molar-refractivity contribution >= 4 is 12.0 Å². The van der Waals surface area contributed by atoms with Crippen LogP contribution in [-0.4, -0.2) is 24.7 Å². The Bertz CT molecular complexity index is 668. The lowest BCUT2D eigenvalue weighted by atomic mass is 9.83. The van der Waals surface area contributed by atoms with Crippen molar-refractivity contribution in [2.75, 3.05) is 7.11 Å². The average Bonchev–Trinajstić information content (AvgIpc) is 2.61. The summed E-state index contributed by atoms with van der Waals surface area (Å²) in [6.07, 6.45) is 7.75. The van der Waals surface area contributed by atoms with Gasteiger partial charge >= 0.3 is 0 Å². The van der Waals surface area contributed by atoms with Crippen molar-refractivity contribution < 1.29 is 14.3 Å². The van der Waals surface area contributed by atoms with Gasteiger partial charge in [0.05, 0.1) is 19.3 Å². The summed E-state index contributed by atoms with van der Waals surface area (Å²) >= 11 is 0. The molecular weight excluding hydrogens is 316 g/mol. The fourth-order valence-electron chi connectivity index (χ4n) is 3.01. The molecule has 0 unspecified atom stereocenters. The molecule has 1 amide bonds. The lowest BCUT2D eigenvalue weighted by molar-refractivity contribution is -0.118. The molecule has 1 saturated carbocycles. The normalized spacial score (nSPS) is 16.4. The quantitative estimate of drug-likeness (QED) is 0.797. The fourth-order valence-corrected chi connectivity index (χ4v) is 3.01. The van der Waals surface area contributed by atoms with Crippen LogP contribution < -0.4 is 14.8 Å². The van der Waals surface area contributed by atoms with Gasteiger partial charge in [0, 0.05) is 6.08 Å². The molecule has 0 aliphatic heterocycles. The van der Waals surface area contributed by atoms with Crippen LogP contribution in [0.15, 0.2) is 24.3 Å². The zero-order chi connectivity index (χ0) is 18.3. The summed E-state index contributed by atoms with van der Waals surface area (Å²) in [5, 5.41) is 12.3. The van der Waals surface area contributed by atoms with Crippen molar-refractivity contribution in [3.8, 4) is 17.6 Å². The summed E-state index contributed by atoms with van der Waals surface area (Å²) in [6.45, 7) is 3.90. The van der Waals surface area contributed by atoms with Crippen LogP contribution in [0.2, 0.25) is 0 Å². The Morgan fingerprint density at radius 2 is 2.00 bits per heavy atom. The highest BCUT2D eigenvalue weighted by atomic mass is 16.5. The highest BCUT2D eigenvalue weighted by Gasteiger charge is 2.32. The van der Waals surface area contributed by atoms with Crippen LogP contribution in [0.1, 0.15) is 51.5 Å². The smallest absolute Gasteiger partial charge is 0.245 e. The standard InChI is InChI=1S/C20H26N2O3/c1-15(2)25-17-9-7-16(13-18(17)24-3)8-10-19(23)22-20(14-21)11-5-4-6-12-20/h7-10,13,15H,4-6,11-12H2,1-3H3,(H,22,23)/b10-8+. The maximum atomic E-state index is 12.2. The molecule has 1 aliphatic rings. The van der Waals surface area contributed by atoms with Gasteiger partial charge in [-0.1, -0.05) is 25.3 Å². The summed E-state index contributed by atoms with van der Waals surface area (Å²) in [6, 6.07) is 7.80. The minimum Gasteiger partial charge on any atom is -0.493 e. The first-order valence-corrected chi connectivity index (χ1v) is 8.74. The Morgan fingerprint density at radius 3 is 2.60 bits per heavy atom. The van der Waals surface area contributed by atoms with Crippen LogP contribution in [0.3, 0.4) is 0 Å². The number of nitrogens with one attached hydrogen (secondary N) is 1. The van der Waals surface area contributed by atoms with E-state index in [1.807, 2.05) is 32.0 Å². The van der Waals surface area contributed by atoms with Gasteiger partial charge in [0.25, 0.3) is 0 Å². The number of benzene rings is 1. The summed E-state index contributed by atoms with van der Waals surface area (Å²) in [4.78, 5) is 12.2. The van der Waals surface area contributed by atoms with E-state index >= 15 is 0 Å². The van der Waals surface area contributed by atoms with Crippen molar-refractivity contribution in [3.05, 3.63) is 29.8 Å². The van der Waals surface area contributed by atoms with E-state index in [2.05, 4.69) is 11.4 Å². The van der Waals surface area contributed by atoms with Gasteiger partial charge in [0.15, 0.2) is 11.5 Å². The summed E-state index contributed by atoms with van der Waals surface area (Å²) < 4.78 is 11.0. The van der Waals surface area contributed by atoms with Gasteiger partial charge in [-0.2, -0.15) is 5.26 Å². The van der Waals surface area contributed by atoms with Gasteiger partial charge in [-0.25, -0.2) is 0 Å². The lowest BCUT2D eigenvalue weighted by Gasteiger charge is -2.31. The summed E-state index contributed by atoms with van der Waals surface area (Å²) in [5.74, 6) is 1.05. The number of hydrogen-bond acceptors (Lipinski definition) is 4. The van der Waals surface area contributed by atoms with Crippen LogP contribution in [-0.2, 0) is 4.79 Å². The molecule has 0 radical (unpaired) electrons. The molecule has 134 valence electrons. The number of ether oxygens (including phenoxy) is 2. The fraction of sp³-hybridized carbons (Fsp3) is 0.500. The van der Waals surface area contributed by atoms with Gasteiger partial charge in [0.2, 0.25) is 5.91 Å². The molecule has 0 atom stereocenters. The van der Waals surface area contributed by atoms with E-state index in [4.69, 9.17) is 9.47 Å². The van der Waals surface area contributed by atoms with Gasteiger partial charge in [0.1, 0.15) is 5.54 Å². The summed E-state index contributed by atoms with van der Waals surface area (Å²) in [7, 11) is 1.59. The molecule has 0 bridgehead atoms. The second-order valence-corrected chi connectivity index (χ2v) is 6.65. The minimum absolute atomic E-state index is 0.0544. The number of rotatable bonds is 6. The monoisotopic (exact) mass is 342 g/mol. The summed E-state index contributed by atoms with van der Waals surface area (Å²) in [5.41, 5.74) is 0.115. The first-order chi connectivity index (χ1) is 12.0. The third-order valence-corrected chi connectivity index (χ3v) is 4.26. The van der Waals surface area contributed by atoms with Gasteiger partial charge in [-0.3, -0.25) is 4.79 Å². The minimum atomic E-state index is -0.716. The Balaban J connectivity index is 2.05. The Labute approximate surface area is 149 Å². The first kappa shape index (κ1) is 18.9. The number of nitriles is 1. The van der Waals surface area contributed by atoms with Crippen LogP contribution in [0, 0.1) is 11.3 Å². The number of hydrogen-bond donors (Lipinski definition) is 1. The second-order valence-electron chi connectivity index (χ2n) is 6.65. The van der Waals surface area contributed by atoms with Crippen molar-refractivity contribution in [2.24, 2.45) is 0 Å². The van der Waals surface area contributed by atoms with Crippen LogP contribution in [0.25, 0.3) is 6.08 Å². The third-order valence-electron chi connectivity index (χ3n) is 4.26. The zero-order valence-electron chi connectivity index (χ0n) is 15.2. The van der Waals surface area contributed by atoms with Crippen molar-refractivity contribution in [3.63, 3.8) is 0 Å². The molecule has 2 rings (SSSR count). The zero-order valence-corrected chi connectivity index (χ0v) is 15.2. The number of nitrogens with zero attached hydrogens (tertiary/aromatic N) is 1. The molecule has 5 heteroatoms. The largest absolute Gasteiger partial charge is 0.493 e. The molecule has 25 heavy (non-hydrogen) atoms. The van der Waals surface area contributed by atoms with Gasteiger partial charge in [-0.15, -0.1) is 0 Å². The van der Waals surface area contributed by atoms with E-state index in [0.717, 1.165) is 37.7 Å². The Kier molecular flexibility index (Phi) is 6.46. The maximum Gasteiger partial charge on any atom is 0.245 e. The molecule has 0 heterocycles. The van der Waals surface area contributed by atoms with Gasteiger partial charge < -0.3 is 14.8 Å². The first-order valence-electron chi connectivity index (χ1n) is 8.74. The molecule has 5 nitrogen and oxygen atoms in total. The predicted molar refractivity (Wildman–Crippen MR) is 97.4 cm³/mol. The number of carbonyl (C=O) groups is 1. The molecule has 1 N–H and O–H groups in total. The Morgan fingerprint density at radius 1 is 1.28 bits per heavy atom. The van der Waals surface area contributed by atoms with E-state index in [1.165, 1.54) is 6.08 Å². The average molecular weight is 342 g/mol. The SMILES string of the molecule is COc1cc(/C=C/C(=O)NC2(C#N)CCCCC2)ccc1OC(C)C. The third kappa shape index (κ3) is 5.25. The molecular formula is C20H26N2O3. The molecule has 1 aliphatic carbocycles. The lowest BCUT2D eigenvalue weighted by Crippen LogP contribution is -2.48. The van der Waals surface area contributed by atoms with Gasteiger partial charge in [-0.05, 0) is 50.5 Å².